The van der Waals surface area contributed by atoms with Crippen molar-refractivity contribution in [2.45, 2.75) is 13.3 Å². The SMILES string of the molecule is CCc1ccc(-c2cn3cc(C(=O)OC)sc3n2)s1. The number of hydrogen-bond acceptors (Lipinski definition) is 5. The van der Waals surface area contributed by atoms with Crippen molar-refractivity contribution in [2.24, 2.45) is 0 Å². The summed E-state index contributed by atoms with van der Waals surface area (Å²) in [4.78, 5) is 19.9. The van der Waals surface area contributed by atoms with Crippen molar-refractivity contribution in [3.05, 3.63) is 34.3 Å². The number of thiazole rings is 1. The van der Waals surface area contributed by atoms with Gasteiger partial charge in [-0.2, -0.15) is 0 Å². The van der Waals surface area contributed by atoms with E-state index >= 15 is 0 Å². The normalized spacial score (nSPS) is 11.1. The van der Waals surface area contributed by atoms with Gasteiger partial charge >= 0.3 is 5.97 Å². The summed E-state index contributed by atoms with van der Waals surface area (Å²) in [6.07, 6.45) is 4.75. The summed E-state index contributed by atoms with van der Waals surface area (Å²) in [6, 6.07) is 4.23. The van der Waals surface area contributed by atoms with Gasteiger partial charge < -0.3 is 4.74 Å². The third-order valence-electron chi connectivity index (χ3n) is 2.81. The molecule has 0 N–H and O–H groups in total. The Balaban J connectivity index is 1.98. The largest absolute Gasteiger partial charge is 0.465 e. The third-order valence-corrected chi connectivity index (χ3v) is 5.03. The summed E-state index contributed by atoms with van der Waals surface area (Å²) in [7, 11) is 1.38. The first-order chi connectivity index (χ1) is 9.21. The van der Waals surface area contributed by atoms with E-state index in [1.165, 1.54) is 23.3 Å². The van der Waals surface area contributed by atoms with Crippen LogP contribution in [0.15, 0.2) is 24.5 Å². The van der Waals surface area contributed by atoms with Gasteiger partial charge in [-0.1, -0.05) is 18.3 Å². The summed E-state index contributed by atoms with van der Waals surface area (Å²) < 4.78 is 6.57. The summed E-state index contributed by atoms with van der Waals surface area (Å²) in [6.45, 7) is 2.14. The van der Waals surface area contributed by atoms with Gasteiger partial charge in [0.2, 0.25) is 0 Å². The lowest BCUT2D eigenvalue weighted by molar-refractivity contribution is 0.0606. The molecule has 0 aliphatic heterocycles. The van der Waals surface area contributed by atoms with Crippen LogP contribution in [0.4, 0.5) is 0 Å². The molecular weight excluding hydrogens is 280 g/mol. The second-order valence-electron chi connectivity index (χ2n) is 4.02. The molecule has 0 amide bonds. The molecule has 98 valence electrons. The molecule has 3 aromatic heterocycles. The van der Waals surface area contributed by atoms with Gasteiger partial charge in [-0.25, -0.2) is 9.78 Å². The lowest BCUT2D eigenvalue weighted by atomic mass is 10.3. The highest BCUT2D eigenvalue weighted by Crippen LogP contribution is 2.29. The summed E-state index contributed by atoms with van der Waals surface area (Å²) >= 11 is 3.10. The molecule has 0 unspecified atom stereocenters. The molecule has 0 bridgehead atoms. The van der Waals surface area contributed by atoms with Crippen molar-refractivity contribution in [1.82, 2.24) is 9.38 Å². The molecule has 4 nitrogen and oxygen atoms in total. The van der Waals surface area contributed by atoms with E-state index in [-0.39, 0.29) is 5.97 Å². The van der Waals surface area contributed by atoms with Crippen LogP contribution < -0.4 is 0 Å². The number of ether oxygens (including phenoxy) is 1. The number of hydrogen-bond donors (Lipinski definition) is 0. The van der Waals surface area contributed by atoms with E-state index < -0.39 is 0 Å². The van der Waals surface area contributed by atoms with Crippen LogP contribution in [0.5, 0.6) is 0 Å². The number of fused-ring (bicyclic) bond motifs is 1. The van der Waals surface area contributed by atoms with Crippen molar-refractivity contribution >= 4 is 33.6 Å². The molecule has 0 fully saturated rings. The molecule has 0 radical (unpaired) electrons. The fraction of sp³-hybridized carbons (Fsp3) is 0.231. The maximum Gasteiger partial charge on any atom is 0.349 e. The Bertz CT molecular complexity index is 707. The monoisotopic (exact) mass is 292 g/mol. The maximum atomic E-state index is 11.4. The zero-order valence-electron chi connectivity index (χ0n) is 10.5. The molecule has 0 aliphatic rings. The average molecular weight is 292 g/mol. The van der Waals surface area contributed by atoms with Crippen LogP contribution >= 0.6 is 22.7 Å². The average Bonchev–Trinajstić information content (AvgIpc) is 3.09. The van der Waals surface area contributed by atoms with E-state index in [1.807, 2.05) is 10.6 Å². The Kier molecular flexibility index (Phi) is 3.12. The Labute approximate surface area is 118 Å². The highest BCUT2D eigenvalue weighted by molar-refractivity contribution is 7.19. The van der Waals surface area contributed by atoms with E-state index in [4.69, 9.17) is 4.74 Å². The number of rotatable bonds is 3. The highest BCUT2D eigenvalue weighted by Gasteiger charge is 2.14. The van der Waals surface area contributed by atoms with Crippen LogP contribution in [-0.4, -0.2) is 22.5 Å². The molecule has 0 saturated heterocycles. The van der Waals surface area contributed by atoms with Crippen LogP contribution in [0.1, 0.15) is 21.5 Å². The van der Waals surface area contributed by atoms with Gasteiger partial charge in [-0.15, -0.1) is 11.3 Å². The first-order valence-electron chi connectivity index (χ1n) is 5.87. The van der Waals surface area contributed by atoms with Gasteiger partial charge in [0, 0.05) is 17.3 Å². The summed E-state index contributed by atoms with van der Waals surface area (Å²) in [5, 5.41) is 0. The fourth-order valence-corrected chi connectivity index (χ4v) is 3.60. The van der Waals surface area contributed by atoms with Crippen molar-refractivity contribution in [3.8, 4) is 10.6 Å². The fourth-order valence-electron chi connectivity index (χ4n) is 1.81. The van der Waals surface area contributed by atoms with Crippen molar-refractivity contribution < 1.29 is 9.53 Å². The Morgan fingerprint density at radius 3 is 2.84 bits per heavy atom. The maximum absolute atomic E-state index is 11.4. The minimum atomic E-state index is -0.318. The number of aryl methyl sites for hydroxylation is 1. The van der Waals surface area contributed by atoms with Crippen LogP contribution in [0.2, 0.25) is 0 Å². The van der Waals surface area contributed by atoms with Crippen molar-refractivity contribution in [2.75, 3.05) is 7.11 Å². The number of carbonyl (C=O) groups excluding carboxylic acids is 1. The molecular formula is C13H12N2O2S2. The van der Waals surface area contributed by atoms with E-state index in [9.17, 15) is 4.79 Å². The summed E-state index contributed by atoms with van der Waals surface area (Å²) in [5.41, 5.74) is 0.951. The lowest BCUT2D eigenvalue weighted by Gasteiger charge is -1.91. The quantitative estimate of drug-likeness (QED) is 0.694. The summed E-state index contributed by atoms with van der Waals surface area (Å²) in [5.74, 6) is -0.318. The molecule has 0 aromatic carbocycles. The molecule has 0 spiro atoms. The van der Waals surface area contributed by atoms with Crippen LogP contribution in [0.25, 0.3) is 15.5 Å². The molecule has 0 aliphatic carbocycles. The van der Waals surface area contributed by atoms with Crippen molar-refractivity contribution in [3.63, 3.8) is 0 Å². The Morgan fingerprint density at radius 2 is 2.21 bits per heavy atom. The van der Waals surface area contributed by atoms with Gasteiger partial charge in [0.25, 0.3) is 0 Å². The lowest BCUT2D eigenvalue weighted by Crippen LogP contribution is -1.97. The van der Waals surface area contributed by atoms with Gasteiger partial charge in [-0.3, -0.25) is 4.40 Å². The number of esters is 1. The van der Waals surface area contributed by atoms with E-state index in [1.54, 1.807) is 17.5 Å². The third kappa shape index (κ3) is 2.17. The second-order valence-corrected chi connectivity index (χ2v) is 6.20. The van der Waals surface area contributed by atoms with E-state index in [0.717, 1.165) is 22.0 Å². The molecule has 6 heteroatoms. The number of methoxy groups -OCH3 is 1. The predicted octanol–water partition coefficient (Wildman–Crippen LogP) is 3.47. The number of nitrogens with zero attached hydrogens (tertiary/aromatic N) is 2. The number of thiophene rings is 1. The number of aromatic nitrogens is 2. The Hall–Kier alpha value is -1.66. The predicted molar refractivity (Wildman–Crippen MR) is 77.1 cm³/mol. The van der Waals surface area contributed by atoms with Crippen LogP contribution in [-0.2, 0) is 11.2 Å². The minimum Gasteiger partial charge on any atom is -0.465 e. The van der Waals surface area contributed by atoms with Gasteiger partial charge in [0.1, 0.15) is 10.6 Å². The van der Waals surface area contributed by atoms with E-state index in [0.29, 0.717) is 4.88 Å². The molecule has 19 heavy (non-hydrogen) atoms. The van der Waals surface area contributed by atoms with Crippen molar-refractivity contribution in [1.29, 1.82) is 0 Å². The minimum absolute atomic E-state index is 0.318. The molecule has 3 rings (SSSR count). The van der Waals surface area contributed by atoms with Gasteiger partial charge in [0.15, 0.2) is 4.96 Å². The smallest absolute Gasteiger partial charge is 0.349 e. The first-order valence-corrected chi connectivity index (χ1v) is 7.50. The zero-order chi connectivity index (χ0) is 13.4. The second kappa shape index (κ2) is 4.79. The van der Waals surface area contributed by atoms with Gasteiger partial charge in [0.05, 0.1) is 12.0 Å². The molecule has 3 heterocycles. The highest BCUT2D eigenvalue weighted by atomic mass is 32.1. The van der Waals surface area contributed by atoms with Gasteiger partial charge in [-0.05, 0) is 18.6 Å². The number of imidazole rings is 1. The zero-order valence-corrected chi connectivity index (χ0v) is 12.2. The van der Waals surface area contributed by atoms with Crippen LogP contribution in [0, 0.1) is 0 Å². The Morgan fingerprint density at radius 1 is 1.37 bits per heavy atom. The molecule has 0 atom stereocenters. The molecule has 3 aromatic rings. The topological polar surface area (TPSA) is 43.6 Å². The molecule has 0 saturated carbocycles. The van der Waals surface area contributed by atoms with E-state index in [2.05, 4.69) is 24.0 Å². The standard InChI is InChI=1S/C13H12N2O2S2/c1-3-8-4-5-10(18-8)9-6-15-7-11(12(16)17-2)19-13(15)14-9/h4-7H,3H2,1-2H3. The first kappa shape index (κ1) is 12.4. The van der Waals surface area contributed by atoms with Crippen LogP contribution in [0.3, 0.4) is 0 Å². The number of carbonyl (C=O) groups is 1.